The number of carboxylic acid groups (broad SMARTS) is 1. The second kappa shape index (κ2) is 5.35. The summed E-state index contributed by atoms with van der Waals surface area (Å²) in [5.74, 6) is 0.476. The maximum Gasteiger partial charge on any atom is 0.326 e. The van der Waals surface area contributed by atoms with Crippen LogP contribution in [0.5, 0.6) is 0 Å². The van der Waals surface area contributed by atoms with Crippen molar-refractivity contribution in [2.75, 3.05) is 11.4 Å². The van der Waals surface area contributed by atoms with Crippen LogP contribution in [0.15, 0.2) is 42.5 Å². The predicted octanol–water partition coefficient (Wildman–Crippen LogP) is 1.84. The van der Waals surface area contributed by atoms with Crippen LogP contribution in [-0.2, 0) is 4.79 Å². The molecule has 1 N–H and O–H groups in total. The quantitative estimate of drug-likeness (QED) is 0.795. The van der Waals surface area contributed by atoms with E-state index >= 15 is 0 Å². The van der Waals surface area contributed by atoms with E-state index in [9.17, 15) is 9.90 Å². The van der Waals surface area contributed by atoms with Crippen LogP contribution in [0, 0.1) is 0 Å². The van der Waals surface area contributed by atoms with E-state index in [1.807, 2.05) is 41.3 Å². The maximum atomic E-state index is 11.4. The molecule has 0 spiro atoms. The third-order valence-corrected chi connectivity index (χ3v) is 4.11. The molecule has 7 heteroatoms. The number of carbonyl (C=O) groups is 1. The van der Waals surface area contributed by atoms with Gasteiger partial charge in [-0.1, -0.05) is 30.3 Å². The Bertz CT molecular complexity index is 861. The summed E-state index contributed by atoms with van der Waals surface area (Å²) in [6.07, 6.45) is 1.49. The number of benzene rings is 1. The third-order valence-electron chi connectivity index (χ3n) is 4.11. The molecular weight excluding hydrogens is 294 g/mol. The van der Waals surface area contributed by atoms with E-state index in [1.54, 1.807) is 10.6 Å². The molecule has 0 aliphatic carbocycles. The first kappa shape index (κ1) is 13.7. The van der Waals surface area contributed by atoms with Gasteiger partial charge in [-0.15, -0.1) is 15.3 Å². The summed E-state index contributed by atoms with van der Waals surface area (Å²) < 4.78 is 1.67. The molecule has 23 heavy (non-hydrogen) atoms. The van der Waals surface area contributed by atoms with Crippen molar-refractivity contribution in [3.05, 3.63) is 42.5 Å². The molecular formula is C16H15N5O2. The highest BCUT2D eigenvalue weighted by atomic mass is 16.4. The lowest BCUT2D eigenvalue weighted by molar-refractivity contribution is -0.138. The zero-order valence-electron chi connectivity index (χ0n) is 12.3. The van der Waals surface area contributed by atoms with Crippen molar-refractivity contribution in [1.82, 2.24) is 19.8 Å². The van der Waals surface area contributed by atoms with Gasteiger partial charge in [0.15, 0.2) is 11.5 Å². The van der Waals surface area contributed by atoms with Gasteiger partial charge in [-0.05, 0) is 25.0 Å². The molecule has 1 aliphatic rings. The molecule has 1 atom stereocenters. The van der Waals surface area contributed by atoms with Crippen LogP contribution in [0.3, 0.4) is 0 Å². The zero-order chi connectivity index (χ0) is 15.8. The van der Waals surface area contributed by atoms with Crippen molar-refractivity contribution in [3.63, 3.8) is 0 Å². The number of carboxylic acids is 1. The van der Waals surface area contributed by atoms with Gasteiger partial charge in [0.25, 0.3) is 0 Å². The number of aromatic nitrogens is 4. The third kappa shape index (κ3) is 2.30. The fourth-order valence-corrected chi connectivity index (χ4v) is 3.00. The fraction of sp³-hybridized carbons (Fsp3) is 0.250. The van der Waals surface area contributed by atoms with Crippen LogP contribution >= 0.6 is 0 Å². The molecule has 1 aromatic carbocycles. The van der Waals surface area contributed by atoms with Crippen LogP contribution in [0.4, 0.5) is 5.82 Å². The van der Waals surface area contributed by atoms with Crippen LogP contribution in [-0.4, -0.2) is 43.5 Å². The maximum absolute atomic E-state index is 11.4. The Hall–Kier alpha value is -2.96. The summed E-state index contributed by atoms with van der Waals surface area (Å²) in [4.78, 5) is 13.2. The van der Waals surface area contributed by atoms with Crippen LogP contribution in [0.1, 0.15) is 12.8 Å². The molecule has 1 saturated heterocycles. The molecule has 4 rings (SSSR count). The molecule has 0 amide bonds. The number of nitrogens with zero attached hydrogens (tertiary/aromatic N) is 5. The molecule has 1 aliphatic heterocycles. The standard InChI is InChI=1S/C16H15N5O2/c22-16(23)12-7-4-10-20(12)14-9-8-13-17-18-15(21(13)19-14)11-5-2-1-3-6-11/h1-3,5-6,8-9,12H,4,7,10H2,(H,22,23). The molecule has 3 heterocycles. The van der Waals surface area contributed by atoms with Gasteiger partial charge in [-0.3, -0.25) is 0 Å². The van der Waals surface area contributed by atoms with Gasteiger partial charge < -0.3 is 10.0 Å². The van der Waals surface area contributed by atoms with E-state index < -0.39 is 12.0 Å². The Kier molecular flexibility index (Phi) is 3.18. The van der Waals surface area contributed by atoms with Crippen molar-refractivity contribution in [1.29, 1.82) is 0 Å². The fourth-order valence-electron chi connectivity index (χ4n) is 3.00. The molecule has 0 saturated carbocycles. The molecule has 1 unspecified atom stereocenters. The normalized spacial score (nSPS) is 17.7. The molecule has 7 nitrogen and oxygen atoms in total. The summed E-state index contributed by atoms with van der Waals surface area (Å²) in [7, 11) is 0. The highest BCUT2D eigenvalue weighted by molar-refractivity contribution is 5.78. The summed E-state index contributed by atoms with van der Waals surface area (Å²) in [6, 6.07) is 12.8. The first-order valence-corrected chi connectivity index (χ1v) is 7.51. The summed E-state index contributed by atoms with van der Waals surface area (Å²) in [6.45, 7) is 0.693. The SMILES string of the molecule is O=C(O)C1CCCN1c1ccc2nnc(-c3ccccc3)n2n1. The van der Waals surface area contributed by atoms with Gasteiger partial charge in [0, 0.05) is 12.1 Å². The monoisotopic (exact) mass is 309 g/mol. The van der Waals surface area contributed by atoms with E-state index in [1.165, 1.54) is 0 Å². The first-order valence-electron chi connectivity index (χ1n) is 7.51. The van der Waals surface area contributed by atoms with Crippen molar-refractivity contribution in [2.24, 2.45) is 0 Å². The van der Waals surface area contributed by atoms with Gasteiger partial charge in [-0.25, -0.2) is 4.79 Å². The average molecular weight is 309 g/mol. The van der Waals surface area contributed by atoms with Crippen molar-refractivity contribution in [2.45, 2.75) is 18.9 Å². The van der Waals surface area contributed by atoms with E-state index in [4.69, 9.17) is 0 Å². The van der Waals surface area contributed by atoms with Crippen molar-refractivity contribution in [3.8, 4) is 11.4 Å². The van der Waals surface area contributed by atoms with Gasteiger partial charge >= 0.3 is 5.97 Å². The summed E-state index contributed by atoms with van der Waals surface area (Å²) in [5, 5.41) is 22.3. The Labute approximate surface area is 132 Å². The number of aliphatic carboxylic acids is 1. The highest BCUT2D eigenvalue weighted by Gasteiger charge is 2.31. The number of hydrogen-bond acceptors (Lipinski definition) is 5. The molecule has 0 bridgehead atoms. The van der Waals surface area contributed by atoms with E-state index in [2.05, 4.69) is 15.3 Å². The summed E-state index contributed by atoms with van der Waals surface area (Å²) in [5.41, 5.74) is 1.56. The second-order valence-electron chi connectivity index (χ2n) is 5.54. The minimum atomic E-state index is -0.809. The number of hydrogen-bond donors (Lipinski definition) is 1. The van der Waals surface area contributed by atoms with Crippen LogP contribution in [0.25, 0.3) is 17.0 Å². The first-order chi connectivity index (χ1) is 11.2. The predicted molar refractivity (Wildman–Crippen MR) is 84.2 cm³/mol. The lowest BCUT2D eigenvalue weighted by Gasteiger charge is -2.22. The van der Waals surface area contributed by atoms with Crippen molar-refractivity contribution < 1.29 is 9.90 Å². The van der Waals surface area contributed by atoms with Gasteiger partial charge in [0.2, 0.25) is 0 Å². The second-order valence-corrected chi connectivity index (χ2v) is 5.54. The smallest absolute Gasteiger partial charge is 0.326 e. The van der Waals surface area contributed by atoms with Crippen LogP contribution < -0.4 is 4.90 Å². The lowest BCUT2D eigenvalue weighted by atomic mass is 10.2. The number of fused-ring (bicyclic) bond motifs is 1. The minimum absolute atomic E-state index is 0.517. The number of anilines is 1. The van der Waals surface area contributed by atoms with Gasteiger partial charge in [0.05, 0.1) is 0 Å². The Morgan fingerprint density at radius 3 is 2.74 bits per heavy atom. The van der Waals surface area contributed by atoms with Gasteiger partial charge in [-0.2, -0.15) is 4.52 Å². The van der Waals surface area contributed by atoms with Crippen LogP contribution in [0.2, 0.25) is 0 Å². The molecule has 2 aromatic heterocycles. The Morgan fingerprint density at radius 1 is 1.13 bits per heavy atom. The molecule has 0 radical (unpaired) electrons. The minimum Gasteiger partial charge on any atom is -0.480 e. The van der Waals surface area contributed by atoms with E-state index in [0.29, 0.717) is 30.3 Å². The topological polar surface area (TPSA) is 83.6 Å². The zero-order valence-corrected chi connectivity index (χ0v) is 12.3. The molecule has 1 fully saturated rings. The average Bonchev–Trinajstić information content (AvgIpc) is 3.22. The Morgan fingerprint density at radius 2 is 1.96 bits per heavy atom. The Balaban J connectivity index is 1.80. The number of rotatable bonds is 3. The largest absolute Gasteiger partial charge is 0.480 e. The van der Waals surface area contributed by atoms with E-state index in [-0.39, 0.29) is 0 Å². The molecule has 116 valence electrons. The summed E-state index contributed by atoms with van der Waals surface area (Å²) >= 11 is 0. The van der Waals surface area contributed by atoms with Crippen molar-refractivity contribution >= 4 is 17.4 Å². The van der Waals surface area contributed by atoms with Gasteiger partial charge in [0.1, 0.15) is 11.9 Å². The van der Waals surface area contributed by atoms with E-state index in [0.717, 1.165) is 12.0 Å². The lowest BCUT2D eigenvalue weighted by Crippen LogP contribution is -2.36. The molecule has 3 aromatic rings. The highest BCUT2D eigenvalue weighted by Crippen LogP contribution is 2.25.